The zero-order valence-corrected chi connectivity index (χ0v) is 21.8. The number of aromatic nitrogens is 5. The Balaban J connectivity index is 1.50. The zero-order valence-electron chi connectivity index (χ0n) is 21.0. The fraction of sp³-hybridized carbons (Fsp3) is 0.542. The second kappa shape index (κ2) is 10.2. The highest BCUT2D eigenvalue weighted by molar-refractivity contribution is 7.92. The summed E-state index contributed by atoms with van der Waals surface area (Å²) < 4.78 is 41.2. The van der Waals surface area contributed by atoms with Crippen molar-refractivity contribution in [1.29, 1.82) is 0 Å². The number of pyridine rings is 1. The van der Waals surface area contributed by atoms with Crippen LogP contribution in [-0.2, 0) is 34.1 Å². The van der Waals surface area contributed by atoms with E-state index in [0.29, 0.717) is 31.2 Å². The van der Waals surface area contributed by atoms with E-state index in [1.165, 1.54) is 20.0 Å². The SMILES string of the molecule is COc1ncc(-n2nc(-c3cnn(CC4CCN(C)CC4)c3)c3c2CCOCC3)cc1NS(C)(=O)=O. The molecule has 1 fully saturated rings. The number of fused-ring (bicyclic) bond motifs is 1. The van der Waals surface area contributed by atoms with Crippen LogP contribution in [-0.4, -0.2) is 84.6 Å². The number of nitrogens with one attached hydrogen (secondary N) is 1. The molecule has 1 saturated heterocycles. The van der Waals surface area contributed by atoms with E-state index in [1.54, 1.807) is 12.3 Å². The highest BCUT2D eigenvalue weighted by Crippen LogP contribution is 2.32. The van der Waals surface area contributed by atoms with Gasteiger partial charge in [0.05, 0.1) is 56.0 Å². The standard InChI is InChI=1S/C24H33N7O4S/c1-29-8-4-17(5-9-29)15-30-16-18(13-26-30)23-20-6-10-35-11-7-22(20)31(27-23)19-12-21(28-36(3,32)33)24(34-2)25-14-19/h12-14,16-17,28H,4-11,15H2,1-3H3. The third-order valence-corrected chi connectivity index (χ3v) is 7.42. The van der Waals surface area contributed by atoms with E-state index in [4.69, 9.17) is 14.6 Å². The van der Waals surface area contributed by atoms with Gasteiger partial charge in [0.25, 0.3) is 0 Å². The number of hydrogen-bond acceptors (Lipinski definition) is 8. The lowest BCUT2D eigenvalue weighted by Crippen LogP contribution is -2.31. The van der Waals surface area contributed by atoms with Crippen molar-refractivity contribution in [2.24, 2.45) is 5.92 Å². The van der Waals surface area contributed by atoms with Crippen LogP contribution < -0.4 is 9.46 Å². The summed E-state index contributed by atoms with van der Waals surface area (Å²) in [4.78, 5) is 6.70. The molecule has 0 atom stereocenters. The van der Waals surface area contributed by atoms with E-state index >= 15 is 0 Å². The largest absolute Gasteiger partial charge is 0.479 e. The van der Waals surface area contributed by atoms with E-state index < -0.39 is 10.0 Å². The van der Waals surface area contributed by atoms with Crippen molar-refractivity contribution >= 4 is 15.7 Å². The normalized spacial score (nSPS) is 17.5. The Morgan fingerprint density at radius 2 is 1.97 bits per heavy atom. The minimum atomic E-state index is -3.52. The third kappa shape index (κ3) is 5.40. The number of anilines is 1. The van der Waals surface area contributed by atoms with Crippen LogP contribution in [0, 0.1) is 5.92 Å². The molecule has 194 valence electrons. The van der Waals surface area contributed by atoms with Crippen LogP contribution in [0.5, 0.6) is 5.88 Å². The summed E-state index contributed by atoms with van der Waals surface area (Å²) >= 11 is 0. The predicted octanol–water partition coefficient (Wildman–Crippen LogP) is 1.97. The molecule has 36 heavy (non-hydrogen) atoms. The summed E-state index contributed by atoms with van der Waals surface area (Å²) in [6.45, 7) is 4.37. The highest BCUT2D eigenvalue weighted by Gasteiger charge is 2.24. The molecular weight excluding hydrogens is 482 g/mol. The maximum Gasteiger partial charge on any atom is 0.238 e. The Bertz CT molecular complexity index is 1330. The number of methoxy groups -OCH3 is 1. The fourth-order valence-electron chi connectivity index (χ4n) is 4.98. The van der Waals surface area contributed by atoms with Gasteiger partial charge in [-0.25, -0.2) is 18.1 Å². The summed E-state index contributed by atoms with van der Waals surface area (Å²) in [5.41, 5.74) is 4.90. The zero-order chi connectivity index (χ0) is 25.3. The molecule has 5 rings (SSSR count). The second-order valence-electron chi connectivity index (χ2n) is 9.62. The van der Waals surface area contributed by atoms with Crippen LogP contribution >= 0.6 is 0 Å². The Hall–Kier alpha value is -2.96. The first-order chi connectivity index (χ1) is 17.3. The molecule has 3 aromatic rings. The Morgan fingerprint density at radius 3 is 2.72 bits per heavy atom. The predicted molar refractivity (Wildman–Crippen MR) is 136 cm³/mol. The molecule has 0 aliphatic carbocycles. The topological polar surface area (TPSA) is 116 Å². The maximum absolute atomic E-state index is 11.9. The van der Waals surface area contributed by atoms with Gasteiger partial charge in [-0.1, -0.05) is 0 Å². The number of rotatable bonds is 7. The summed E-state index contributed by atoms with van der Waals surface area (Å²) in [6.07, 6.45) is 10.5. The molecule has 12 heteroatoms. The van der Waals surface area contributed by atoms with Crippen molar-refractivity contribution in [3.8, 4) is 22.8 Å². The van der Waals surface area contributed by atoms with Crippen LogP contribution in [0.2, 0.25) is 0 Å². The van der Waals surface area contributed by atoms with Crippen molar-refractivity contribution in [1.82, 2.24) is 29.4 Å². The van der Waals surface area contributed by atoms with Crippen LogP contribution in [0.3, 0.4) is 0 Å². The lowest BCUT2D eigenvalue weighted by molar-refractivity contribution is 0.145. The molecule has 0 aromatic carbocycles. The second-order valence-corrected chi connectivity index (χ2v) is 11.4. The average Bonchev–Trinajstić information content (AvgIpc) is 3.36. The first-order valence-corrected chi connectivity index (χ1v) is 14.1. The van der Waals surface area contributed by atoms with Crippen LogP contribution in [0.15, 0.2) is 24.7 Å². The first kappa shape index (κ1) is 24.7. The summed E-state index contributed by atoms with van der Waals surface area (Å²) in [7, 11) is 0.110. The van der Waals surface area contributed by atoms with Crippen molar-refractivity contribution in [2.45, 2.75) is 32.2 Å². The van der Waals surface area contributed by atoms with Gasteiger partial charge in [0.15, 0.2) is 0 Å². The molecule has 2 aliphatic rings. The molecular formula is C24H33N7O4S. The van der Waals surface area contributed by atoms with Gasteiger partial charge in [-0.2, -0.15) is 10.2 Å². The summed E-state index contributed by atoms with van der Waals surface area (Å²) in [5, 5.41) is 9.63. The Labute approximate surface area is 211 Å². The van der Waals surface area contributed by atoms with Crippen molar-refractivity contribution in [3.05, 3.63) is 35.9 Å². The minimum absolute atomic E-state index is 0.196. The number of likely N-dealkylation sites (tertiary alicyclic amines) is 1. The average molecular weight is 516 g/mol. The number of sulfonamides is 1. The molecule has 1 N–H and O–H groups in total. The number of nitrogens with zero attached hydrogens (tertiary/aromatic N) is 6. The van der Waals surface area contributed by atoms with Crippen molar-refractivity contribution in [3.63, 3.8) is 0 Å². The van der Waals surface area contributed by atoms with Crippen LogP contribution in [0.1, 0.15) is 24.1 Å². The van der Waals surface area contributed by atoms with Gasteiger partial charge in [-0.3, -0.25) is 9.40 Å². The molecule has 11 nitrogen and oxygen atoms in total. The van der Waals surface area contributed by atoms with E-state index in [2.05, 4.69) is 32.9 Å². The van der Waals surface area contributed by atoms with Gasteiger partial charge in [0.2, 0.25) is 15.9 Å². The molecule has 0 saturated carbocycles. The van der Waals surface area contributed by atoms with Crippen LogP contribution in [0.4, 0.5) is 5.69 Å². The van der Waals surface area contributed by atoms with Gasteiger partial charge in [-0.15, -0.1) is 0 Å². The summed E-state index contributed by atoms with van der Waals surface area (Å²) in [6, 6.07) is 1.69. The summed E-state index contributed by atoms with van der Waals surface area (Å²) in [5.74, 6) is 0.823. The number of hydrogen-bond donors (Lipinski definition) is 1. The van der Waals surface area contributed by atoms with E-state index in [0.717, 1.165) is 54.8 Å². The number of ether oxygens (including phenoxy) is 2. The van der Waals surface area contributed by atoms with Gasteiger partial charge < -0.3 is 14.4 Å². The molecule has 0 unspecified atom stereocenters. The molecule has 0 radical (unpaired) electrons. The van der Waals surface area contributed by atoms with Gasteiger partial charge in [0.1, 0.15) is 5.69 Å². The smallest absolute Gasteiger partial charge is 0.238 e. The van der Waals surface area contributed by atoms with Crippen molar-refractivity contribution in [2.75, 3.05) is 51.4 Å². The highest BCUT2D eigenvalue weighted by atomic mass is 32.2. The fourth-order valence-corrected chi connectivity index (χ4v) is 5.53. The molecule has 0 bridgehead atoms. The molecule has 0 spiro atoms. The molecule has 5 heterocycles. The lowest BCUT2D eigenvalue weighted by Gasteiger charge is -2.28. The van der Waals surface area contributed by atoms with E-state index in [-0.39, 0.29) is 11.6 Å². The lowest BCUT2D eigenvalue weighted by atomic mass is 9.97. The number of piperidine rings is 1. The first-order valence-electron chi connectivity index (χ1n) is 12.2. The van der Waals surface area contributed by atoms with Gasteiger partial charge in [0, 0.05) is 30.3 Å². The monoisotopic (exact) mass is 515 g/mol. The van der Waals surface area contributed by atoms with Crippen LogP contribution in [0.25, 0.3) is 16.9 Å². The minimum Gasteiger partial charge on any atom is -0.479 e. The Kier molecular flexibility index (Phi) is 7.00. The third-order valence-electron chi connectivity index (χ3n) is 6.83. The quantitative estimate of drug-likeness (QED) is 0.508. The van der Waals surface area contributed by atoms with E-state index in [1.807, 2.05) is 15.6 Å². The van der Waals surface area contributed by atoms with Gasteiger partial charge >= 0.3 is 0 Å². The molecule has 3 aromatic heterocycles. The molecule has 0 amide bonds. The van der Waals surface area contributed by atoms with E-state index in [9.17, 15) is 8.42 Å². The van der Waals surface area contributed by atoms with Gasteiger partial charge in [-0.05, 0) is 51.4 Å². The Morgan fingerprint density at radius 1 is 1.19 bits per heavy atom. The maximum atomic E-state index is 11.9. The molecule has 2 aliphatic heterocycles. The van der Waals surface area contributed by atoms with Crippen molar-refractivity contribution < 1.29 is 17.9 Å².